The molecule has 2 aromatic carbocycles. The Hall–Kier alpha value is -2.74. The van der Waals surface area contributed by atoms with Gasteiger partial charge in [0.2, 0.25) is 11.8 Å². The number of halogens is 1. The lowest BCUT2D eigenvalue weighted by Gasteiger charge is -2.16. The molecular weight excluding hydrogens is 383 g/mol. The van der Waals surface area contributed by atoms with Crippen LogP contribution in [0.3, 0.4) is 0 Å². The third-order valence-corrected chi connectivity index (χ3v) is 6.92. The minimum atomic E-state index is -3.72. The highest BCUT2D eigenvalue weighted by Crippen LogP contribution is 2.31. The van der Waals surface area contributed by atoms with E-state index in [9.17, 15) is 22.4 Å². The summed E-state index contributed by atoms with van der Waals surface area (Å²) in [5.74, 6) is -0.972. The van der Waals surface area contributed by atoms with E-state index in [0.717, 1.165) is 11.3 Å². The van der Waals surface area contributed by atoms with E-state index in [1.807, 2.05) is 0 Å². The molecule has 0 bridgehead atoms. The Morgan fingerprint density at radius 3 is 2.50 bits per heavy atom. The third-order valence-electron chi connectivity index (χ3n) is 4.79. The van der Waals surface area contributed by atoms with E-state index >= 15 is 0 Å². The number of nitrogens with one attached hydrogen (secondary N) is 1. The van der Waals surface area contributed by atoms with Crippen molar-refractivity contribution in [2.75, 3.05) is 16.8 Å². The second-order valence-corrected chi connectivity index (χ2v) is 9.19. The van der Waals surface area contributed by atoms with E-state index < -0.39 is 26.8 Å². The van der Waals surface area contributed by atoms with Gasteiger partial charge in [0, 0.05) is 31.3 Å². The fourth-order valence-electron chi connectivity index (χ4n) is 3.23. The maximum Gasteiger partial charge on any atom is 0.225 e. The maximum atomic E-state index is 12.9. The van der Waals surface area contributed by atoms with Crippen molar-refractivity contribution < 1.29 is 22.4 Å². The van der Waals surface area contributed by atoms with Crippen LogP contribution in [0.5, 0.6) is 0 Å². The Morgan fingerprint density at radius 1 is 1.18 bits per heavy atom. The van der Waals surface area contributed by atoms with Crippen LogP contribution in [0.2, 0.25) is 0 Å². The van der Waals surface area contributed by atoms with Crippen molar-refractivity contribution in [2.45, 2.75) is 36.8 Å². The minimum absolute atomic E-state index is 0.0832. The van der Waals surface area contributed by atoms with Gasteiger partial charge in [-0.15, -0.1) is 0 Å². The van der Waals surface area contributed by atoms with Crippen LogP contribution in [0.4, 0.5) is 15.8 Å². The van der Waals surface area contributed by atoms with Gasteiger partial charge in [-0.1, -0.05) is 0 Å². The molecule has 28 heavy (non-hydrogen) atoms. The molecule has 0 aromatic heterocycles. The first-order valence-electron chi connectivity index (χ1n) is 8.89. The van der Waals surface area contributed by atoms with Gasteiger partial charge in [0.1, 0.15) is 5.82 Å². The zero-order valence-electron chi connectivity index (χ0n) is 15.6. The molecule has 0 spiro atoms. The Morgan fingerprint density at radius 2 is 1.86 bits per heavy atom. The third kappa shape index (κ3) is 4.06. The van der Waals surface area contributed by atoms with Gasteiger partial charge in [-0.3, -0.25) is 9.59 Å². The number of hydrogen-bond donors (Lipinski definition) is 1. The number of rotatable bonds is 5. The molecule has 2 amide bonds. The summed E-state index contributed by atoms with van der Waals surface area (Å²) in [7, 11) is -3.72. The molecule has 148 valence electrons. The predicted molar refractivity (Wildman–Crippen MR) is 104 cm³/mol. The molecule has 0 saturated heterocycles. The highest BCUT2D eigenvalue weighted by atomic mass is 32.2. The summed E-state index contributed by atoms with van der Waals surface area (Å²) in [6.07, 6.45) is 0.369. The summed E-state index contributed by atoms with van der Waals surface area (Å²) in [5.41, 5.74) is 1.94. The molecule has 0 unspecified atom stereocenters. The average molecular weight is 404 g/mol. The van der Waals surface area contributed by atoms with Crippen LogP contribution in [-0.2, 0) is 25.8 Å². The van der Waals surface area contributed by atoms with Gasteiger partial charge in [-0.25, -0.2) is 12.8 Å². The average Bonchev–Trinajstić information content (AvgIpc) is 3.07. The number of nitrogens with zero attached hydrogens (tertiary/aromatic N) is 1. The summed E-state index contributed by atoms with van der Waals surface area (Å²) >= 11 is 0. The van der Waals surface area contributed by atoms with Crippen LogP contribution < -0.4 is 10.2 Å². The van der Waals surface area contributed by atoms with Crippen LogP contribution in [-0.4, -0.2) is 32.0 Å². The predicted octanol–water partition coefficient (Wildman–Crippen LogP) is 2.93. The lowest BCUT2D eigenvalue weighted by atomic mass is 10.2. The van der Waals surface area contributed by atoms with Gasteiger partial charge in [-0.2, -0.15) is 0 Å². The maximum absolute atomic E-state index is 12.9. The molecule has 0 radical (unpaired) electrons. The number of anilines is 2. The van der Waals surface area contributed by atoms with E-state index in [-0.39, 0.29) is 17.2 Å². The van der Waals surface area contributed by atoms with Crippen LogP contribution in [0.15, 0.2) is 47.4 Å². The lowest BCUT2D eigenvalue weighted by Crippen LogP contribution is -2.26. The second-order valence-electron chi connectivity index (χ2n) is 6.83. The highest BCUT2D eigenvalue weighted by molar-refractivity contribution is 7.92. The van der Waals surface area contributed by atoms with Gasteiger partial charge in [0.05, 0.1) is 10.1 Å². The first-order valence-corrected chi connectivity index (χ1v) is 10.4. The molecule has 0 fully saturated rings. The molecule has 2 aromatic rings. The largest absolute Gasteiger partial charge is 0.326 e. The molecule has 0 aliphatic carbocycles. The minimum Gasteiger partial charge on any atom is -0.326 e. The van der Waals surface area contributed by atoms with Gasteiger partial charge < -0.3 is 10.2 Å². The first kappa shape index (κ1) is 20.0. The van der Waals surface area contributed by atoms with Gasteiger partial charge >= 0.3 is 0 Å². The van der Waals surface area contributed by atoms with Crippen molar-refractivity contribution in [3.05, 3.63) is 53.8 Å². The van der Waals surface area contributed by atoms with Gasteiger partial charge in [0.15, 0.2) is 9.84 Å². The Bertz CT molecular complexity index is 1020. The normalized spacial score (nSPS) is 14.5. The summed E-state index contributed by atoms with van der Waals surface area (Å²) in [5, 5.41) is 1.64. The summed E-state index contributed by atoms with van der Waals surface area (Å²) < 4.78 is 38.7. The zero-order valence-corrected chi connectivity index (χ0v) is 16.4. The molecule has 0 saturated carbocycles. The fourth-order valence-corrected chi connectivity index (χ4v) is 4.63. The van der Waals surface area contributed by atoms with E-state index in [2.05, 4.69) is 5.32 Å². The molecule has 1 N–H and O–H groups in total. The van der Waals surface area contributed by atoms with Crippen LogP contribution in [0.25, 0.3) is 0 Å². The van der Waals surface area contributed by atoms with Gasteiger partial charge in [-0.05, 0) is 61.4 Å². The topological polar surface area (TPSA) is 83.6 Å². The highest BCUT2D eigenvalue weighted by Gasteiger charge is 2.29. The number of amides is 2. The second kappa shape index (κ2) is 7.71. The summed E-state index contributed by atoms with van der Waals surface area (Å²) in [4.78, 5) is 25.6. The van der Waals surface area contributed by atoms with E-state index in [0.29, 0.717) is 18.7 Å². The SMILES string of the molecule is CC(=O)N1CCc2cc(S(=O)(=O)[C@H](C)CC(=O)Nc3ccc(F)cc3)ccc21. The molecule has 1 aliphatic rings. The van der Waals surface area contributed by atoms with Crippen molar-refractivity contribution in [2.24, 2.45) is 0 Å². The van der Waals surface area contributed by atoms with E-state index in [1.54, 1.807) is 17.0 Å². The van der Waals surface area contributed by atoms with Crippen molar-refractivity contribution in [1.29, 1.82) is 0 Å². The number of carbonyl (C=O) groups is 2. The Balaban J connectivity index is 1.72. The fraction of sp³-hybridized carbons (Fsp3) is 0.300. The molecule has 1 aliphatic heterocycles. The number of fused-ring (bicyclic) bond motifs is 1. The lowest BCUT2D eigenvalue weighted by molar-refractivity contribution is -0.117. The summed E-state index contributed by atoms with van der Waals surface area (Å²) in [6, 6.07) is 9.95. The number of sulfone groups is 1. The van der Waals surface area contributed by atoms with Crippen molar-refractivity contribution >= 4 is 33.0 Å². The van der Waals surface area contributed by atoms with Crippen molar-refractivity contribution in [3.63, 3.8) is 0 Å². The molecule has 1 heterocycles. The molecule has 1 atom stereocenters. The van der Waals surface area contributed by atoms with Crippen LogP contribution in [0, 0.1) is 5.82 Å². The quantitative estimate of drug-likeness (QED) is 0.831. The molecule has 3 rings (SSSR count). The van der Waals surface area contributed by atoms with Crippen molar-refractivity contribution in [1.82, 2.24) is 0 Å². The van der Waals surface area contributed by atoms with E-state index in [1.165, 1.54) is 44.2 Å². The smallest absolute Gasteiger partial charge is 0.225 e. The van der Waals surface area contributed by atoms with Crippen LogP contribution in [0.1, 0.15) is 25.8 Å². The standard InChI is InChI=1S/C20H21FN2O4S/c1-13(11-20(25)22-17-5-3-16(21)4-6-17)28(26,27)18-7-8-19-15(12-18)9-10-23(19)14(2)24/h3-8,12-13H,9-11H2,1-2H3,(H,22,25)/t13-/m1/s1. The first-order chi connectivity index (χ1) is 13.2. The number of benzene rings is 2. The molecule has 8 heteroatoms. The Kier molecular flexibility index (Phi) is 5.51. The van der Waals surface area contributed by atoms with Crippen molar-refractivity contribution in [3.8, 4) is 0 Å². The summed E-state index contributed by atoms with van der Waals surface area (Å²) in [6.45, 7) is 3.49. The monoisotopic (exact) mass is 404 g/mol. The Labute approximate surface area is 163 Å². The molecular formula is C20H21FN2O4S. The zero-order chi connectivity index (χ0) is 20.5. The van der Waals surface area contributed by atoms with Crippen LogP contribution >= 0.6 is 0 Å². The number of carbonyl (C=O) groups excluding carboxylic acids is 2. The van der Waals surface area contributed by atoms with E-state index in [4.69, 9.17) is 0 Å². The van der Waals surface area contributed by atoms with Gasteiger partial charge in [0.25, 0.3) is 0 Å². The molecule has 6 nitrogen and oxygen atoms in total. The number of hydrogen-bond acceptors (Lipinski definition) is 4.